The van der Waals surface area contributed by atoms with Crippen molar-refractivity contribution in [1.29, 1.82) is 0 Å². The summed E-state index contributed by atoms with van der Waals surface area (Å²) in [6.45, 7) is 8.44. The molecule has 1 aromatic heterocycles. The third kappa shape index (κ3) is 12.5. The number of nitrogens with zero attached hydrogens (tertiary/aromatic N) is 6. The maximum absolute atomic E-state index is 13.9. The van der Waals surface area contributed by atoms with Gasteiger partial charge in [-0.15, -0.1) is 11.6 Å². The number of carbonyl (C=O) groups excluding carboxylic acids is 4. The Labute approximate surface area is 371 Å². The van der Waals surface area contributed by atoms with E-state index in [2.05, 4.69) is 10.3 Å². The molecule has 1 aliphatic carbocycles. The predicted molar refractivity (Wildman–Crippen MR) is 240 cm³/mol. The van der Waals surface area contributed by atoms with Crippen molar-refractivity contribution in [2.24, 2.45) is 16.4 Å². The van der Waals surface area contributed by atoms with E-state index in [0.29, 0.717) is 51.2 Å². The van der Waals surface area contributed by atoms with E-state index in [1.165, 1.54) is 27.2 Å². The van der Waals surface area contributed by atoms with Gasteiger partial charge in [-0.1, -0.05) is 112 Å². The number of alkyl halides is 1. The molecule has 4 aromatic rings. The Morgan fingerprint density at radius 1 is 0.933 bits per heavy atom. The summed E-state index contributed by atoms with van der Waals surface area (Å²) in [7, 11) is 0. The van der Waals surface area contributed by atoms with Crippen molar-refractivity contribution in [2.45, 2.75) is 72.1 Å². The molecule has 0 radical (unpaired) electrons. The number of fused-ring (bicyclic) bond motifs is 1. The van der Waals surface area contributed by atoms with Crippen molar-refractivity contribution in [2.75, 3.05) is 43.0 Å². The third-order valence-electron chi connectivity index (χ3n) is 10.00. The maximum Gasteiger partial charge on any atom is 0.345 e. The van der Waals surface area contributed by atoms with Crippen molar-refractivity contribution < 1.29 is 23.9 Å². The molecule has 0 atom stereocenters. The molecule has 1 fully saturated rings. The fourth-order valence-electron chi connectivity index (χ4n) is 6.81. The maximum atomic E-state index is 13.9. The Morgan fingerprint density at radius 3 is 2.30 bits per heavy atom. The minimum Gasteiger partial charge on any atom is -0.489 e. The molecule has 1 aliphatic heterocycles. The number of imidazole rings is 1. The number of Topliss-reactive ketones (excluding diaryl/α,β-unsaturated/α-hetero) is 1. The summed E-state index contributed by atoms with van der Waals surface area (Å²) < 4.78 is 7.05. The molecule has 2 heterocycles. The number of nitrogens with one attached hydrogen (secondary N) is 1. The molecule has 3 aromatic carbocycles. The lowest BCUT2D eigenvalue weighted by Crippen LogP contribution is -2.47. The van der Waals surface area contributed by atoms with Gasteiger partial charge >= 0.3 is 12.1 Å². The van der Waals surface area contributed by atoms with Crippen molar-refractivity contribution in [3.63, 3.8) is 0 Å². The lowest BCUT2D eigenvalue weighted by molar-refractivity contribution is -0.124. The van der Waals surface area contributed by atoms with Gasteiger partial charge in [0.25, 0.3) is 0 Å². The van der Waals surface area contributed by atoms with E-state index in [9.17, 15) is 19.2 Å². The van der Waals surface area contributed by atoms with Gasteiger partial charge in [0.2, 0.25) is 5.91 Å². The molecule has 1 saturated carbocycles. The minimum atomic E-state index is -0.621. The zero-order valence-electron chi connectivity index (χ0n) is 34.3. The van der Waals surface area contributed by atoms with E-state index in [0.717, 1.165) is 48.9 Å². The van der Waals surface area contributed by atoms with Crippen LogP contribution in [-0.4, -0.2) is 81.7 Å². The summed E-state index contributed by atoms with van der Waals surface area (Å²) in [5, 5.41) is 10.0. The van der Waals surface area contributed by atoms with Gasteiger partial charge in [-0.05, 0) is 55.2 Å². The number of ketones is 1. The van der Waals surface area contributed by atoms with E-state index in [-0.39, 0.29) is 43.3 Å². The van der Waals surface area contributed by atoms with E-state index >= 15 is 0 Å². The van der Waals surface area contributed by atoms with Crippen molar-refractivity contribution >= 4 is 87.2 Å². The average molecular weight is 900 g/mol. The third-order valence-corrected chi connectivity index (χ3v) is 11.1. The monoisotopic (exact) mass is 897 g/mol. The molecule has 2 aliphatic rings. The van der Waals surface area contributed by atoms with Crippen LogP contribution in [0.2, 0.25) is 15.1 Å². The van der Waals surface area contributed by atoms with Crippen LogP contribution in [-0.2, 0) is 15.5 Å². The molecule has 6 rings (SSSR count). The molecule has 16 heteroatoms. The number of hydrogen-bond donors (Lipinski definition) is 1. The number of rotatable bonds is 13. The molecule has 60 heavy (non-hydrogen) atoms. The molecule has 12 nitrogen and oxygen atoms in total. The summed E-state index contributed by atoms with van der Waals surface area (Å²) in [4.78, 5) is 59.4. The lowest BCUT2D eigenvalue weighted by Gasteiger charge is -2.28. The van der Waals surface area contributed by atoms with E-state index < -0.39 is 11.4 Å². The predicted octanol–water partition coefficient (Wildman–Crippen LogP) is 10.8. The topological polar surface area (TPSA) is 129 Å². The molecule has 320 valence electrons. The van der Waals surface area contributed by atoms with E-state index in [4.69, 9.17) is 56.2 Å². The van der Waals surface area contributed by atoms with Gasteiger partial charge in [-0.3, -0.25) is 19.1 Å². The van der Waals surface area contributed by atoms with Crippen LogP contribution in [0.15, 0.2) is 84.5 Å². The van der Waals surface area contributed by atoms with Gasteiger partial charge in [-0.2, -0.15) is 5.10 Å². The SMILES string of the molecule is CC(C)(C)C(=O)CN1C(=O)N(CC(=O)Nc2cccc(CCl)c2)N=C(C2CCCCC2)c2ccccc21.CCCN(CCOc1c(Cl)cc(Cl)cc1Cl)C(=O)n1ccnc1. The quantitative estimate of drug-likeness (QED) is 0.133. The van der Waals surface area contributed by atoms with Crippen LogP contribution in [0.1, 0.15) is 77.3 Å². The van der Waals surface area contributed by atoms with Crippen LogP contribution in [0.25, 0.3) is 0 Å². The van der Waals surface area contributed by atoms with Crippen LogP contribution in [0, 0.1) is 11.3 Å². The first-order valence-corrected chi connectivity index (χ1v) is 21.7. The second kappa shape index (κ2) is 21.8. The zero-order valence-corrected chi connectivity index (χ0v) is 37.3. The summed E-state index contributed by atoms with van der Waals surface area (Å²) in [5.74, 6) is 0.438. The van der Waals surface area contributed by atoms with Gasteiger partial charge in [0.1, 0.15) is 19.5 Å². The Balaban J connectivity index is 0.000000255. The zero-order chi connectivity index (χ0) is 43.4. The van der Waals surface area contributed by atoms with Gasteiger partial charge in [-0.25, -0.2) is 19.6 Å². The van der Waals surface area contributed by atoms with Crippen molar-refractivity contribution in [3.05, 3.63) is 106 Å². The number of amides is 4. The van der Waals surface area contributed by atoms with Gasteiger partial charge in [0, 0.05) is 52.4 Å². The number of anilines is 2. The number of ether oxygens (including phenoxy) is 1. The van der Waals surface area contributed by atoms with Crippen LogP contribution >= 0.6 is 46.4 Å². The molecule has 1 N–H and O–H groups in total. The highest BCUT2D eigenvalue weighted by atomic mass is 35.5. The van der Waals surface area contributed by atoms with Crippen molar-refractivity contribution in [1.82, 2.24) is 19.5 Å². The first-order chi connectivity index (χ1) is 28.7. The smallest absolute Gasteiger partial charge is 0.345 e. The molecular weight excluding hydrogens is 848 g/mol. The summed E-state index contributed by atoms with van der Waals surface area (Å²) in [6.07, 6.45) is 10.8. The highest BCUT2D eigenvalue weighted by Crippen LogP contribution is 2.36. The summed E-state index contributed by atoms with van der Waals surface area (Å²) >= 11 is 23.9. The largest absolute Gasteiger partial charge is 0.489 e. The van der Waals surface area contributed by atoms with Crippen LogP contribution in [0.4, 0.5) is 21.0 Å². The summed E-state index contributed by atoms with van der Waals surface area (Å²) in [5.41, 5.74) is 3.18. The number of hydrazone groups is 1. The second-order valence-corrected chi connectivity index (χ2v) is 17.1. The normalized spacial score (nSPS) is 14.3. The number of hydrogen-bond acceptors (Lipinski definition) is 7. The Kier molecular flexibility index (Phi) is 16.8. The van der Waals surface area contributed by atoms with Gasteiger partial charge in [0.05, 0.1) is 34.5 Å². The number of urea groups is 1. The molecule has 0 spiro atoms. The number of halogens is 4. The van der Waals surface area contributed by atoms with Crippen LogP contribution in [0.5, 0.6) is 5.75 Å². The minimum absolute atomic E-state index is 0.0703. The Morgan fingerprint density at radius 2 is 1.65 bits per heavy atom. The number of aromatic nitrogens is 2. The van der Waals surface area contributed by atoms with Crippen LogP contribution < -0.4 is 15.0 Å². The highest BCUT2D eigenvalue weighted by Gasteiger charge is 2.36. The van der Waals surface area contributed by atoms with Gasteiger partial charge in [0.15, 0.2) is 11.5 Å². The fourth-order valence-corrected chi connectivity index (χ4v) is 7.90. The van der Waals surface area contributed by atoms with E-state index in [1.807, 2.05) is 64.1 Å². The fraction of sp³-hybridized carbons (Fsp3) is 0.409. The number of para-hydroxylation sites is 1. The molecule has 0 bridgehead atoms. The molecule has 0 unspecified atom stereocenters. The standard InChI is InChI=1S/C29H35ClN4O3.C15H16Cl3N3O2/c1-29(2,3)25(35)18-33-24-15-8-7-14-23(24)27(21-11-5-4-6-12-21)32-34(28(33)37)19-26(36)31-22-13-9-10-20(16-22)17-30;1-2-4-20(15(22)21-5-3-19-10-21)6-7-23-14-12(17)8-11(16)9-13(14)18/h7-10,13-16,21H,4-6,11-12,17-19H2,1-3H3,(H,31,36);3,5,8-10H,2,4,6-7H2,1H3. The van der Waals surface area contributed by atoms with Crippen LogP contribution in [0.3, 0.4) is 0 Å². The Bertz CT molecular complexity index is 2130. The second-order valence-electron chi connectivity index (χ2n) is 15.6. The highest BCUT2D eigenvalue weighted by molar-refractivity contribution is 6.40. The molecular formula is C44H51Cl4N7O5. The van der Waals surface area contributed by atoms with Crippen molar-refractivity contribution in [3.8, 4) is 5.75 Å². The number of benzene rings is 3. The Hall–Kier alpha value is -4.62. The number of carbonyl (C=O) groups is 4. The first kappa shape index (κ1) is 46.4. The first-order valence-electron chi connectivity index (χ1n) is 20.0. The summed E-state index contributed by atoms with van der Waals surface area (Å²) in [6, 6.07) is 17.4. The lowest BCUT2D eigenvalue weighted by atomic mass is 9.83. The van der Waals surface area contributed by atoms with E-state index in [1.54, 1.807) is 41.6 Å². The molecule has 4 amide bonds. The van der Waals surface area contributed by atoms with Gasteiger partial charge < -0.3 is 15.0 Å². The molecule has 0 saturated heterocycles. The average Bonchev–Trinajstić information content (AvgIpc) is 3.74.